The summed E-state index contributed by atoms with van der Waals surface area (Å²) in [7, 11) is -3.89. The van der Waals surface area contributed by atoms with Gasteiger partial charge in [-0.05, 0) is 51.3 Å². The van der Waals surface area contributed by atoms with Crippen molar-refractivity contribution in [2.45, 2.75) is 52.1 Å². The molecule has 1 atom stereocenters. The number of nitrogens with one attached hydrogen (secondary N) is 1. The van der Waals surface area contributed by atoms with E-state index in [1.807, 2.05) is 58.0 Å². The lowest BCUT2D eigenvalue weighted by Gasteiger charge is -2.34. The zero-order valence-corrected chi connectivity index (χ0v) is 23.0. The van der Waals surface area contributed by atoms with Gasteiger partial charge in [0.15, 0.2) is 0 Å². The Kier molecular flexibility index (Phi) is 10.0. The molecular formula is C25H33Cl2N3O4S. The second kappa shape index (κ2) is 12.1. The van der Waals surface area contributed by atoms with Crippen molar-refractivity contribution in [3.8, 4) is 0 Å². The molecule has 192 valence electrons. The standard InChI is InChI=1S/C25H33Cl2N3O4S/c1-6-20(24(32)28-25(2,3)4)29(16-15-18-11-8-7-9-12-18)22(31)17-30(35(5,33)34)21-14-10-13-19(26)23(21)27/h7-14,20H,6,15-17H2,1-5H3,(H,28,32). The van der Waals surface area contributed by atoms with E-state index >= 15 is 0 Å². The summed E-state index contributed by atoms with van der Waals surface area (Å²) < 4.78 is 26.3. The van der Waals surface area contributed by atoms with Crippen molar-refractivity contribution in [2.75, 3.05) is 23.7 Å². The van der Waals surface area contributed by atoms with Gasteiger partial charge in [-0.15, -0.1) is 0 Å². The highest BCUT2D eigenvalue weighted by Crippen LogP contribution is 2.33. The molecule has 2 rings (SSSR count). The van der Waals surface area contributed by atoms with Gasteiger partial charge in [0.2, 0.25) is 21.8 Å². The molecular weight excluding hydrogens is 509 g/mol. The van der Waals surface area contributed by atoms with Gasteiger partial charge in [-0.25, -0.2) is 8.42 Å². The Bertz CT molecular complexity index is 1140. The van der Waals surface area contributed by atoms with E-state index in [1.54, 1.807) is 6.07 Å². The first-order valence-corrected chi connectivity index (χ1v) is 13.9. The van der Waals surface area contributed by atoms with Gasteiger partial charge in [-0.1, -0.05) is 66.5 Å². The number of carbonyl (C=O) groups excluding carboxylic acids is 2. The first-order chi connectivity index (χ1) is 16.2. The molecule has 0 fully saturated rings. The van der Waals surface area contributed by atoms with Gasteiger partial charge in [-0.3, -0.25) is 13.9 Å². The van der Waals surface area contributed by atoms with E-state index in [2.05, 4.69) is 5.32 Å². The summed E-state index contributed by atoms with van der Waals surface area (Å²) in [5.41, 5.74) is 0.602. The van der Waals surface area contributed by atoms with Crippen LogP contribution in [-0.2, 0) is 26.0 Å². The predicted octanol–water partition coefficient (Wildman–Crippen LogP) is 4.52. The number of hydrogen-bond acceptors (Lipinski definition) is 4. The van der Waals surface area contributed by atoms with Gasteiger partial charge < -0.3 is 10.2 Å². The van der Waals surface area contributed by atoms with Crippen LogP contribution in [0.2, 0.25) is 10.0 Å². The first-order valence-electron chi connectivity index (χ1n) is 11.3. The predicted molar refractivity (Wildman–Crippen MR) is 142 cm³/mol. The van der Waals surface area contributed by atoms with E-state index in [1.165, 1.54) is 17.0 Å². The number of nitrogens with zero attached hydrogens (tertiary/aromatic N) is 2. The molecule has 0 radical (unpaired) electrons. The van der Waals surface area contributed by atoms with Crippen molar-refractivity contribution in [1.29, 1.82) is 0 Å². The highest BCUT2D eigenvalue weighted by atomic mass is 35.5. The lowest BCUT2D eigenvalue weighted by atomic mass is 10.1. The molecule has 35 heavy (non-hydrogen) atoms. The van der Waals surface area contributed by atoms with Crippen molar-refractivity contribution in [3.63, 3.8) is 0 Å². The maximum atomic E-state index is 13.6. The number of sulfonamides is 1. The number of anilines is 1. The Hall–Kier alpha value is -2.29. The molecule has 0 heterocycles. The molecule has 0 aliphatic carbocycles. The summed E-state index contributed by atoms with van der Waals surface area (Å²) in [4.78, 5) is 28.2. The Labute approximate surface area is 218 Å². The van der Waals surface area contributed by atoms with Crippen LogP contribution in [0.3, 0.4) is 0 Å². The van der Waals surface area contributed by atoms with Gasteiger partial charge >= 0.3 is 0 Å². The number of carbonyl (C=O) groups is 2. The molecule has 0 bridgehead atoms. The van der Waals surface area contributed by atoms with E-state index in [0.29, 0.717) is 12.8 Å². The molecule has 7 nitrogen and oxygen atoms in total. The molecule has 2 aromatic rings. The van der Waals surface area contributed by atoms with Crippen LogP contribution in [0, 0.1) is 0 Å². The van der Waals surface area contributed by atoms with Gasteiger partial charge in [0.05, 0.1) is 22.0 Å². The average Bonchev–Trinajstić information content (AvgIpc) is 2.75. The number of hydrogen-bond donors (Lipinski definition) is 1. The van der Waals surface area contributed by atoms with E-state index in [4.69, 9.17) is 23.2 Å². The van der Waals surface area contributed by atoms with Crippen LogP contribution in [-0.4, -0.2) is 56.1 Å². The number of benzene rings is 2. The van der Waals surface area contributed by atoms with Crippen LogP contribution < -0.4 is 9.62 Å². The summed E-state index contributed by atoms with van der Waals surface area (Å²) in [6.07, 6.45) is 1.86. The third-order valence-corrected chi connectivity index (χ3v) is 7.18. The van der Waals surface area contributed by atoms with Crippen molar-refractivity contribution in [3.05, 3.63) is 64.1 Å². The monoisotopic (exact) mass is 541 g/mol. The van der Waals surface area contributed by atoms with E-state index in [-0.39, 0.29) is 28.2 Å². The molecule has 0 saturated carbocycles. The van der Waals surface area contributed by atoms with Crippen molar-refractivity contribution >= 4 is 50.7 Å². The minimum atomic E-state index is -3.89. The van der Waals surface area contributed by atoms with E-state index in [9.17, 15) is 18.0 Å². The Morgan fingerprint density at radius 2 is 1.66 bits per heavy atom. The summed E-state index contributed by atoms with van der Waals surface area (Å²) in [5, 5.41) is 3.13. The third kappa shape index (κ3) is 8.40. The molecule has 2 amide bonds. The molecule has 2 aromatic carbocycles. The minimum absolute atomic E-state index is 0.0285. The Morgan fingerprint density at radius 3 is 2.20 bits per heavy atom. The van der Waals surface area contributed by atoms with Gasteiger partial charge in [0.1, 0.15) is 12.6 Å². The van der Waals surface area contributed by atoms with Crippen LogP contribution in [0.4, 0.5) is 5.69 Å². The van der Waals surface area contributed by atoms with E-state index < -0.39 is 34.1 Å². The van der Waals surface area contributed by atoms with Crippen LogP contribution in [0.25, 0.3) is 0 Å². The second-order valence-electron chi connectivity index (χ2n) is 9.33. The maximum Gasteiger partial charge on any atom is 0.244 e. The largest absolute Gasteiger partial charge is 0.350 e. The Morgan fingerprint density at radius 1 is 1.03 bits per heavy atom. The van der Waals surface area contributed by atoms with Gasteiger partial charge in [0, 0.05) is 12.1 Å². The highest BCUT2D eigenvalue weighted by Gasteiger charge is 2.33. The van der Waals surface area contributed by atoms with Crippen LogP contribution in [0.15, 0.2) is 48.5 Å². The van der Waals surface area contributed by atoms with Gasteiger partial charge in [-0.2, -0.15) is 0 Å². The Balaban J connectivity index is 2.42. The zero-order chi connectivity index (χ0) is 26.4. The average molecular weight is 543 g/mol. The van der Waals surface area contributed by atoms with Gasteiger partial charge in [0.25, 0.3) is 0 Å². The summed E-state index contributed by atoms with van der Waals surface area (Å²) in [6, 6.07) is 13.4. The van der Waals surface area contributed by atoms with Crippen molar-refractivity contribution in [2.24, 2.45) is 0 Å². The van der Waals surface area contributed by atoms with Crippen molar-refractivity contribution in [1.82, 2.24) is 10.2 Å². The fourth-order valence-corrected chi connectivity index (χ4v) is 4.93. The highest BCUT2D eigenvalue weighted by molar-refractivity contribution is 7.92. The fourth-order valence-electron chi connectivity index (χ4n) is 3.63. The quantitative estimate of drug-likeness (QED) is 0.478. The second-order valence-corrected chi connectivity index (χ2v) is 12.0. The molecule has 0 aliphatic rings. The normalized spacial score (nSPS) is 12.7. The third-order valence-electron chi connectivity index (χ3n) is 5.25. The zero-order valence-electron chi connectivity index (χ0n) is 20.7. The molecule has 10 heteroatoms. The number of rotatable bonds is 10. The van der Waals surface area contributed by atoms with Crippen LogP contribution >= 0.6 is 23.2 Å². The summed E-state index contributed by atoms with van der Waals surface area (Å²) >= 11 is 12.4. The van der Waals surface area contributed by atoms with Crippen LogP contribution in [0.5, 0.6) is 0 Å². The molecule has 0 aliphatic heterocycles. The fraction of sp³-hybridized carbons (Fsp3) is 0.440. The van der Waals surface area contributed by atoms with E-state index in [0.717, 1.165) is 16.1 Å². The SMILES string of the molecule is CCC(C(=O)NC(C)(C)C)N(CCc1ccccc1)C(=O)CN(c1cccc(Cl)c1Cl)S(C)(=O)=O. The van der Waals surface area contributed by atoms with Crippen LogP contribution in [0.1, 0.15) is 39.7 Å². The lowest BCUT2D eigenvalue weighted by molar-refractivity contribution is -0.140. The molecule has 1 unspecified atom stereocenters. The maximum absolute atomic E-state index is 13.6. The molecule has 0 spiro atoms. The van der Waals surface area contributed by atoms with Crippen molar-refractivity contribution < 1.29 is 18.0 Å². The summed E-state index contributed by atoms with van der Waals surface area (Å²) in [5.74, 6) is -0.814. The minimum Gasteiger partial charge on any atom is -0.350 e. The molecule has 1 N–H and O–H groups in total. The number of amides is 2. The molecule has 0 saturated heterocycles. The molecule has 0 aromatic heterocycles. The lowest BCUT2D eigenvalue weighted by Crippen LogP contribution is -2.56. The number of halogens is 2. The smallest absolute Gasteiger partial charge is 0.244 e. The topological polar surface area (TPSA) is 86.8 Å². The summed E-state index contributed by atoms with van der Waals surface area (Å²) in [6.45, 7) is 7.12. The first kappa shape index (κ1) is 28.9.